The van der Waals surface area contributed by atoms with Gasteiger partial charge in [-0.2, -0.15) is 0 Å². The summed E-state index contributed by atoms with van der Waals surface area (Å²) in [6, 6.07) is 16.6. The van der Waals surface area contributed by atoms with Gasteiger partial charge in [0.05, 0.1) is 5.02 Å². The topological polar surface area (TPSA) is 21.3 Å². The van der Waals surface area contributed by atoms with Gasteiger partial charge >= 0.3 is 0 Å². The van der Waals surface area contributed by atoms with Gasteiger partial charge in [0.15, 0.2) is 0 Å². The molecule has 0 aromatic heterocycles. The lowest BCUT2D eigenvalue weighted by Gasteiger charge is -2.13. The number of hydrogen-bond acceptors (Lipinski definition) is 2. The highest BCUT2D eigenvalue weighted by molar-refractivity contribution is 6.32. The van der Waals surface area contributed by atoms with Crippen LogP contribution >= 0.6 is 11.6 Å². The van der Waals surface area contributed by atoms with Gasteiger partial charge in [0, 0.05) is 6.04 Å². The second-order valence-corrected chi connectivity index (χ2v) is 5.52. The van der Waals surface area contributed by atoms with Gasteiger partial charge in [0.1, 0.15) is 12.4 Å². The van der Waals surface area contributed by atoms with E-state index in [0.29, 0.717) is 17.7 Å². The van der Waals surface area contributed by atoms with E-state index in [-0.39, 0.29) is 0 Å². The van der Waals surface area contributed by atoms with Crippen molar-refractivity contribution in [2.24, 2.45) is 0 Å². The molecule has 0 amide bonds. The molecule has 2 aromatic rings. The van der Waals surface area contributed by atoms with Crippen molar-refractivity contribution < 1.29 is 4.74 Å². The van der Waals surface area contributed by atoms with Crippen molar-refractivity contribution in [2.45, 2.75) is 25.5 Å². The van der Waals surface area contributed by atoms with E-state index < -0.39 is 0 Å². The maximum atomic E-state index is 6.32. The summed E-state index contributed by atoms with van der Waals surface area (Å²) in [5, 5.41) is 4.17. The van der Waals surface area contributed by atoms with E-state index in [9.17, 15) is 0 Å². The first kappa shape index (κ1) is 13.5. The van der Waals surface area contributed by atoms with E-state index in [1.54, 1.807) is 0 Å². The minimum absolute atomic E-state index is 0.440. The average molecular weight is 288 g/mol. The predicted octanol–water partition coefficient (Wildman–Crippen LogP) is 4.34. The first-order valence-electron chi connectivity index (χ1n) is 7.02. The van der Waals surface area contributed by atoms with Crippen LogP contribution in [0.2, 0.25) is 5.02 Å². The normalized spacial score (nSPS) is 18.1. The van der Waals surface area contributed by atoms with Crippen LogP contribution in [-0.2, 0) is 6.61 Å². The quantitative estimate of drug-likeness (QED) is 0.903. The minimum atomic E-state index is 0.440. The molecule has 1 unspecified atom stereocenters. The Kier molecular flexibility index (Phi) is 4.24. The summed E-state index contributed by atoms with van der Waals surface area (Å²) < 4.78 is 5.79. The van der Waals surface area contributed by atoms with Crippen LogP contribution < -0.4 is 10.1 Å². The lowest BCUT2D eigenvalue weighted by atomic mass is 10.1. The molecule has 20 heavy (non-hydrogen) atoms. The predicted molar refractivity (Wildman–Crippen MR) is 82.2 cm³/mol. The molecule has 1 saturated heterocycles. The lowest BCUT2D eigenvalue weighted by Crippen LogP contribution is -2.12. The summed E-state index contributed by atoms with van der Waals surface area (Å²) >= 11 is 6.32. The third-order valence-corrected chi connectivity index (χ3v) is 3.95. The largest absolute Gasteiger partial charge is 0.487 e. The van der Waals surface area contributed by atoms with E-state index in [1.807, 2.05) is 42.5 Å². The van der Waals surface area contributed by atoms with Crippen LogP contribution in [0.1, 0.15) is 30.0 Å². The fourth-order valence-electron chi connectivity index (χ4n) is 2.56. The van der Waals surface area contributed by atoms with Crippen LogP contribution in [0.15, 0.2) is 48.5 Å². The van der Waals surface area contributed by atoms with Gasteiger partial charge in [0.25, 0.3) is 0 Å². The molecule has 2 nitrogen and oxygen atoms in total. The first-order valence-corrected chi connectivity index (χ1v) is 7.40. The zero-order chi connectivity index (χ0) is 13.8. The van der Waals surface area contributed by atoms with Gasteiger partial charge in [-0.3, -0.25) is 0 Å². The fraction of sp³-hybridized carbons (Fsp3) is 0.294. The van der Waals surface area contributed by atoms with Crippen LogP contribution in [-0.4, -0.2) is 6.54 Å². The second kappa shape index (κ2) is 6.29. The molecule has 1 aliphatic rings. The van der Waals surface area contributed by atoms with E-state index >= 15 is 0 Å². The van der Waals surface area contributed by atoms with Crippen molar-refractivity contribution in [1.29, 1.82) is 0 Å². The van der Waals surface area contributed by atoms with Crippen LogP contribution in [0.25, 0.3) is 0 Å². The molecule has 104 valence electrons. The van der Waals surface area contributed by atoms with E-state index in [4.69, 9.17) is 16.3 Å². The van der Waals surface area contributed by atoms with Gasteiger partial charge in [-0.15, -0.1) is 0 Å². The number of benzene rings is 2. The molecule has 0 radical (unpaired) electrons. The molecule has 0 bridgehead atoms. The Hall–Kier alpha value is -1.51. The summed E-state index contributed by atoms with van der Waals surface area (Å²) in [6.07, 6.45) is 2.41. The molecular weight excluding hydrogens is 270 g/mol. The SMILES string of the molecule is Clc1cc(C2CCCN2)ccc1OCc1ccccc1. The van der Waals surface area contributed by atoms with Gasteiger partial charge in [-0.05, 0) is 42.6 Å². The van der Waals surface area contributed by atoms with Crippen LogP contribution in [0.3, 0.4) is 0 Å². The second-order valence-electron chi connectivity index (χ2n) is 5.11. The van der Waals surface area contributed by atoms with Crippen LogP contribution in [0, 0.1) is 0 Å². The maximum Gasteiger partial charge on any atom is 0.138 e. The Balaban J connectivity index is 1.68. The lowest BCUT2D eigenvalue weighted by molar-refractivity contribution is 0.306. The number of hydrogen-bond donors (Lipinski definition) is 1. The Labute approximate surface area is 124 Å². The number of nitrogens with one attached hydrogen (secondary N) is 1. The maximum absolute atomic E-state index is 6.32. The molecule has 3 rings (SSSR count). The highest BCUT2D eigenvalue weighted by Gasteiger charge is 2.17. The minimum Gasteiger partial charge on any atom is -0.487 e. The third kappa shape index (κ3) is 3.14. The van der Waals surface area contributed by atoms with Crippen molar-refractivity contribution in [2.75, 3.05) is 6.54 Å². The number of halogens is 1. The van der Waals surface area contributed by atoms with Crippen LogP contribution in [0.4, 0.5) is 0 Å². The zero-order valence-electron chi connectivity index (χ0n) is 11.3. The van der Waals surface area contributed by atoms with Crippen molar-refractivity contribution >= 4 is 11.6 Å². The highest BCUT2D eigenvalue weighted by atomic mass is 35.5. The molecule has 1 heterocycles. The van der Waals surface area contributed by atoms with Gasteiger partial charge < -0.3 is 10.1 Å². The number of ether oxygens (including phenoxy) is 1. The molecule has 1 fully saturated rings. The summed E-state index contributed by atoms with van der Waals surface area (Å²) in [6.45, 7) is 1.64. The molecule has 1 aliphatic heterocycles. The molecule has 1 N–H and O–H groups in total. The Morgan fingerprint density at radius 2 is 2.00 bits per heavy atom. The van der Waals surface area contributed by atoms with Crippen molar-refractivity contribution in [3.63, 3.8) is 0 Å². The molecule has 3 heteroatoms. The van der Waals surface area contributed by atoms with E-state index in [0.717, 1.165) is 17.9 Å². The Morgan fingerprint density at radius 3 is 2.70 bits per heavy atom. The van der Waals surface area contributed by atoms with Crippen molar-refractivity contribution in [3.8, 4) is 5.75 Å². The van der Waals surface area contributed by atoms with Crippen molar-refractivity contribution in [3.05, 3.63) is 64.7 Å². The van der Waals surface area contributed by atoms with Gasteiger partial charge in [-0.25, -0.2) is 0 Å². The molecule has 0 saturated carbocycles. The summed E-state index contributed by atoms with van der Waals surface area (Å²) in [5.41, 5.74) is 2.39. The average Bonchev–Trinajstić information content (AvgIpc) is 3.01. The molecular formula is C17H18ClNO. The molecule has 1 atom stereocenters. The van der Waals surface area contributed by atoms with Gasteiger partial charge in [-0.1, -0.05) is 48.0 Å². The standard InChI is InChI=1S/C17H18ClNO/c18-15-11-14(16-7-4-10-19-16)8-9-17(15)20-12-13-5-2-1-3-6-13/h1-3,5-6,8-9,11,16,19H,4,7,10,12H2. The van der Waals surface area contributed by atoms with E-state index in [2.05, 4.69) is 11.4 Å². The molecule has 0 aliphatic carbocycles. The fourth-order valence-corrected chi connectivity index (χ4v) is 2.80. The monoisotopic (exact) mass is 287 g/mol. The first-order chi connectivity index (χ1) is 9.83. The summed E-state index contributed by atoms with van der Waals surface area (Å²) in [7, 11) is 0. The number of rotatable bonds is 4. The van der Waals surface area contributed by atoms with Crippen molar-refractivity contribution in [1.82, 2.24) is 5.32 Å². The zero-order valence-corrected chi connectivity index (χ0v) is 12.1. The molecule has 0 spiro atoms. The van der Waals surface area contributed by atoms with Crippen LogP contribution in [0.5, 0.6) is 5.75 Å². The van der Waals surface area contributed by atoms with E-state index in [1.165, 1.54) is 18.4 Å². The Morgan fingerprint density at radius 1 is 1.15 bits per heavy atom. The highest BCUT2D eigenvalue weighted by Crippen LogP contribution is 2.31. The summed E-state index contributed by atoms with van der Waals surface area (Å²) in [5.74, 6) is 0.747. The Bertz CT molecular complexity index is 564. The smallest absolute Gasteiger partial charge is 0.138 e. The third-order valence-electron chi connectivity index (χ3n) is 3.66. The summed E-state index contributed by atoms with van der Waals surface area (Å²) in [4.78, 5) is 0. The molecule has 2 aromatic carbocycles. The van der Waals surface area contributed by atoms with Gasteiger partial charge in [0.2, 0.25) is 0 Å².